The van der Waals surface area contributed by atoms with E-state index in [9.17, 15) is 9.18 Å². The largest absolute Gasteiger partial charge is 0.496 e. The number of hydrogen-bond acceptors (Lipinski definition) is 5. The molecule has 1 aliphatic heterocycles. The van der Waals surface area contributed by atoms with Crippen LogP contribution in [0.4, 0.5) is 4.39 Å². The average Bonchev–Trinajstić information content (AvgIpc) is 3.43. The van der Waals surface area contributed by atoms with E-state index >= 15 is 0 Å². The molecular formula is C21H18FN3O2S. The molecule has 1 saturated heterocycles. The molecule has 0 bridgehead atoms. The minimum Gasteiger partial charge on any atom is -0.496 e. The fourth-order valence-electron chi connectivity index (χ4n) is 3.86. The van der Waals surface area contributed by atoms with Gasteiger partial charge in [-0.05, 0) is 43.1 Å². The highest BCUT2D eigenvalue weighted by molar-refractivity contribution is 7.23. The van der Waals surface area contributed by atoms with Crippen LogP contribution in [-0.4, -0.2) is 29.3 Å². The van der Waals surface area contributed by atoms with Gasteiger partial charge in [-0.15, -0.1) is 0 Å². The van der Waals surface area contributed by atoms with Gasteiger partial charge in [-0.2, -0.15) is 0 Å². The molecule has 0 spiro atoms. The Morgan fingerprint density at radius 3 is 2.96 bits per heavy atom. The maximum absolute atomic E-state index is 14.8. The first kappa shape index (κ1) is 17.3. The SMILES string of the molecule is COc1cc2c(cc1C=O)sc1nc(-c3ccc(C4CCCN4)cc3F)cn12. The molecule has 4 aromatic rings. The number of ether oxygens (including phenoxy) is 1. The van der Waals surface area contributed by atoms with Crippen molar-refractivity contribution < 1.29 is 13.9 Å². The summed E-state index contributed by atoms with van der Waals surface area (Å²) < 4.78 is 23.0. The highest BCUT2D eigenvalue weighted by Gasteiger charge is 2.19. The molecule has 1 unspecified atom stereocenters. The molecule has 2 aromatic carbocycles. The number of thiazole rings is 1. The fourth-order valence-corrected chi connectivity index (χ4v) is 4.90. The second-order valence-corrected chi connectivity index (χ2v) is 7.96. The number of methoxy groups -OCH3 is 1. The lowest BCUT2D eigenvalue weighted by Gasteiger charge is -2.11. The van der Waals surface area contributed by atoms with Gasteiger partial charge in [0.2, 0.25) is 0 Å². The number of aromatic nitrogens is 2. The van der Waals surface area contributed by atoms with Gasteiger partial charge in [-0.1, -0.05) is 17.4 Å². The Hall–Kier alpha value is -2.77. The summed E-state index contributed by atoms with van der Waals surface area (Å²) in [5.74, 6) is 0.249. The zero-order valence-corrected chi connectivity index (χ0v) is 16.1. The normalized spacial score (nSPS) is 16.9. The Bertz CT molecular complexity index is 1210. The van der Waals surface area contributed by atoms with Gasteiger partial charge in [0.05, 0.1) is 28.6 Å². The standard InChI is InChI=1S/C21H18FN3O2S/c1-27-19-9-18-20(8-13(19)11-26)28-21-24-17(10-25(18)21)14-5-4-12(7-15(14)22)16-3-2-6-23-16/h4-5,7-11,16,23H,2-3,6H2,1H3. The third-order valence-corrected chi connectivity index (χ3v) is 6.32. The molecule has 1 aliphatic rings. The van der Waals surface area contributed by atoms with Crippen molar-refractivity contribution in [2.45, 2.75) is 18.9 Å². The number of rotatable bonds is 4. The zero-order chi connectivity index (χ0) is 19.3. The first-order valence-corrected chi connectivity index (χ1v) is 9.97. The minimum absolute atomic E-state index is 0.234. The van der Waals surface area contributed by atoms with Crippen molar-refractivity contribution in [3.63, 3.8) is 0 Å². The Morgan fingerprint density at radius 2 is 2.25 bits per heavy atom. The summed E-state index contributed by atoms with van der Waals surface area (Å²) >= 11 is 1.46. The first-order valence-electron chi connectivity index (χ1n) is 9.16. The number of carbonyl (C=O) groups excluding carboxylic acids is 1. The molecule has 0 aliphatic carbocycles. The van der Waals surface area contributed by atoms with Crippen molar-refractivity contribution in [2.75, 3.05) is 13.7 Å². The Kier molecular flexibility index (Phi) is 4.14. The number of fused-ring (bicyclic) bond motifs is 3. The molecule has 7 heteroatoms. The van der Waals surface area contributed by atoms with Gasteiger partial charge in [0.15, 0.2) is 11.2 Å². The molecule has 1 N–H and O–H groups in total. The Morgan fingerprint density at radius 1 is 1.36 bits per heavy atom. The smallest absolute Gasteiger partial charge is 0.195 e. The van der Waals surface area contributed by atoms with E-state index in [0.717, 1.165) is 46.4 Å². The molecule has 5 rings (SSSR count). The van der Waals surface area contributed by atoms with Gasteiger partial charge in [0.25, 0.3) is 0 Å². The van der Waals surface area contributed by atoms with E-state index < -0.39 is 0 Å². The van der Waals surface area contributed by atoms with Crippen molar-refractivity contribution in [3.05, 3.63) is 53.5 Å². The molecule has 1 fully saturated rings. The van der Waals surface area contributed by atoms with Crippen LogP contribution in [0.25, 0.3) is 26.4 Å². The van der Waals surface area contributed by atoms with E-state index in [2.05, 4.69) is 10.3 Å². The van der Waals surface area contributed by atoms with Crippen LogP contribution < -0.4 is 10.1 Å². The number of imidazole rings is 1. The molecule has 3 heterocycles. The van der Waals surface area contributed by atoms with Crippen LogP contribution in [0.5, 0.6) is 5.75 Å². The Balaban J connectivity index is 1.59. The second-order valence-electron chi connectivity index (χ2n) is 6.95. The minimum atomic E-state index is -0.262. The molecule has 0 saturated carbocycles. The van der Waals surface area contributed by atoms with Crippen molar-refractivity contribution in [1.82, 2.24) is 14.7 Å². The zero-order valence-electron chi connectivity index (χ0n) is 15.2. The van der Waals surface area contributed by atoms with Gasteiger partial charge in [-0.25, -0.2) is 9.37 Å². The molecule has 0 radical (unpaired) electrons. The number of hydrogen-bond donors (Lipinski definition) is 1. The second kappa shape index (κ2) is 6.68. The summed E-state index contributed by atoms with van der Waals surface area (Å²) in [6, 6.07) is 9.25. The van der Waals surface area contributed by atoms with Crippen LogP contribution in [0.1, 0.15) is 34.8 Å². The topological polar surface area (TPSA) is 55.6 Å². The van der Waals surface area contributed by atoms with E-state index in [4.69, 9.17) is 4.74 Å². The summed E-state index contributed by atoms with van der Waals surface area (Å²) in [7, 11) is 1.53. The van der Waals surface area contributed by atoms with Gasteiger partial charge >= 0.3 is 0 Å². The first-order chi connectivity index (χ1) is 13.7. The van der Waals surface area contributed by atoms with Crippen LogP contribution in [0.2, 0.25) is 0 Å². The molecule has 28 heavy (non-hydrogen) atoms. The lowest BCUT2D eigenvalue weighted by atomic mass is 10.0. The fraction of sp³-hybridized carbons (Fsp3) is 0.238. The van der Waals surface area contributed by atoms with Crippen LogP contribution in [0.3, 0.4) is 0 Å². The third kappa shape index (κ3) is 2.70. The molecule has 1 atom stereocenters. The van der Waals surface area contributed by atoms with Gasteiger partial charge in [0.1, 0.15) is 11.6 Å². The summed E-state index contributed by atoms with van der Waals surface area (Å²) in [6.45, 7) is 0.980. The van der Waals surface area contributed by atoms with Crippen LogP contribution >= 0.6 is 11.3 Å². The lowest BCUT2D eigenvalue weighted by Crippen LogP contribution is -2.12. The van der Waals surface area contributed by atoms with E-state index in [0.29, 0.717) is 22.6 Å². The number of aldehydes is 1. The molecular weight excluding hydrogens is 377 g/mol. The van der Waals surface area contributed by atoms with Gasteiger partial charge in [-0.3, -0.25) is 9.20 Å². The molecule has 5 nitrogen and oxygen atoms in total. The monoisotopic (exact) mass is 395 g/mol. The lowest BCUT2D eigenvalue weighted by molar-refractivity contribution is 0.112. The highest BCUT2D eigenvalue weighted by atomic mass is 32.1. The number of halogens is 1. The number of carbonyl (C=O) groups is 1. The maximum atomic E-state index is 14.8. The van der Waals surface area contributed by atoms with Crippen molar-refractivity contribution >= 4 is 32.8 Å². The maximum Gasteiger partial charge on any atom is 0.195 e. The third-order valence-electron chi connectivity index (χ3n) is 5.30. The summed E-state index contributed by atoms with van der Waals surface area (Å²) in [6.07, 6.45) is 4.77. The predicted octanol–water partition coefficient (Wildman–Crippen LogP) is 4.60. The molecule has 0 amide bonds. The summed E-state index contributed by atoms with van der Waals surface area (Å²) in [5, 5.41) is 3.40. The van der Waals surface area contributed by atoms with Crippen LogP contribution in [0.15, 0.2) is 36.5 Å². The summed E-state index contributed by atoms with van der Waals surface area (Å²) in [5.41, 5.74) is 3.45. The molecule has 142 valence electrons. The molecule has 2 aromatic heterocycles. The summed E-state index contributed by atoms with van der Waals surface area (Å²) in [4.78, 5) is 16.6. The Labute approximate surface area is 164 Å². The predicted molar refractivity (Wildman–Crippen MR) is 108 cm³/mol. The highest BCUT2D eigenvalue weighted by Crippen LogP contribution is 2.34. The number of benzene rings is 2. The van der Waals surface area contributed by atoms with E-state index in [1.165, 1.54) is 18.4 Å². The van der Waals surface area contributed by atoms with Crippen LogP contribution in [-0.2, 0) is 0 Å². The van der Waals surface area contributed by atoms with E-state index in [1.54, 1.807) is 12.1 Å². The van der Waals surface area contributed by atoms with Crippen LogP contribution in [0, 0.1) is 5.82 Å². The number of nitrogens with one attached hydrogen (secondary N) is 1. The van der Waals surface area contributed by atoms with Crippen molar-refractivity contribution in [2.24, 2.45) is 0 Å². The van der Waals surface area contributed by atoms with Gasteiger partial charge < -0.3 is 10.1 Å². The number of nitrogens with zero attached hydrogens (tertiary/aromatic N) is 2. The van der Waals surface area contributed by atoms with E-state index in [1.807, 2.05) is 28.8 Å². The van der Waals surface area contributed by atoms with Crippen molar-refractivity contribution in [3.8, 4) is 17.0 Å². The average molecular weight is 395 g/mol. The van der Waals surface area contributed by atoms with E-state index in [-0.39, 0.29) is 11.9 Å². The quantitative estimate of drug-likeness (QED) is 0.513. The van der Waals surface area contributed by atoms with Gasteiger partial charge in [0, 0.05) is 23.9 Å². The van der Waals surface area contributed by atoms with Crippen molar-refractivity contribution in [1.29, 1.82) is 0 Å².